The van der Waals surface area contributed by atoms with E-state index >= 15 is 0 Å². The molecule has 0 aromatic carbocycles. The van der Waals surface area contributed by atoms with Crippen LogP contribution in [-0.4, -0.2) is 37.0 Å². The van der Waals surface area contributed by atoms with Gasteiger partial charge in [0, 0.05) is 12.6 Å². The molecule has 3 heteroatoms. The van der Waals surface area contributed by atoms with Gasteiger partial charge in [-0.15, -0.1) is 0 Å². The van der Waals surface area contributed by atoms with Crippen LogP contribution in [0.2, 0.25) is 0 Å². The lowest BCUT2D eigenvalue weighted by Gasteiger charge is -2.18. The maximum atomic E-state index is 9.18. The minimum absolute atomic E-state index is 0.200. The Bertz CT molecular complexity index is 128. The highest BCUT2D eigenvalue weighted by atomic mass is 16.5. The van der Waals surface area contributed by atoms with Gasteiger partial charge in [0.15, 0.2) is 0 Å². The predicted octanol–water partition coefficient (Wildman–Crippen LogP) is 1.41. The zero-order valence-corrected chi connectivity index (χ0v) is 9.92. The van der Waals surface area contributed by atoms with Crippen molar-refractivity contribution in [2.24, 2.45) is 5.92 Å². The lowest BCUT2D eigenvalue weighted by atomic mass is 10.0. The van der Waals surface area contributed by atoms with Crippen LogP contribution in [0, 0.1) is 5.92 Å². The fourth-order valence-electron chi connectivity index (χ4n) is 1.42. The second-order valence-corrected chi connectivity index (χ2v) is 4.16. The number of nitrogens with one attached hydrogen (secondary N) is 1. The topological polar surface area (TPSA) is 41.5 Å². The summed E-state index contributed by atoms with van der Waals surface area (Å²) in [5.41, 5.74) is 0. The Hall–Kier alpha value is -0.120. The van der Waals surface area contributed by atoms with Gasteiger partial charge in [0.1, 0.15) is 0 Å². The lowest BCUT2D eigenvalue weighted by Crippen LogP contribution is -2.34. The average molecular weight is 203 g/mol. The molecule has 2 N–H and O–H groups in total. The number of ether oxygens (including phenoxy) is 1. The Morgan fingerprint density at radius 3 is 2.43 bits per heavy atom. The van der Waals surface area contributed by atoms with Gasteiger partial charge in [-0.3, -0.25) is 0 Å². The highest BCUT2D eigenvalue weighted by Gasteiger charge is 2.07. The molecular weight excluding hydrogens is 178 g/mol. The maximum Gasteiger partial charge on any atom is 0.0616 e. The molecule has 0 amide bonds. The normalized spacial score (nSPS) is 17.8. The first-order chi connectivity index (χ1) is 6.56. The third kappa shape index (κ3) is 8.48. The summed E-state index contributed by atoms with van der Waals surface area (Å²) in [5, 5.41) is 12.6. The SMILES string of the molecule is CCOCC(C)NCC(C)CC(C)O. The largest absolute Gasteiger partial charge is 0.393 e. The first-order valence-electron chi connectivity index (χ1n) is 5.55. The number of aliphatic hydroxyl groups excluding tert-OH is 1. The molecule has 14 heavy (non-hydrogen) atoms. The molecule has 0 aromatic rings. The van der Waals surface area contributed by atoms with E-state index in [2.05, 4.69) is 19.2 Å². The second-order valence-electron chi connectivity index (χ2n) is 4.16. The lowest BCUT2D eigenvalue weighted by molar-refractivity contribution is 0.123. The van der Waals surface area contributed by atoms with Crippen molar-refractivity contribution in [1.82, 2.24) is 5.32 Å². The van der Waals surface area contributed by atoms with E-state index in [0.717, 1.165) is 26.2 Å². The van der Waals surface area contributed by atoms with Crippen molar-refractivity contribution in [3.8, 4) is 0 Å². The van der Waals surface area contributed by atoms with Gasteiger partial charge in [-0.05, 0) is 39.7 Å². The first-order valence-corrected chi connectivity index (χ1v) is 5.55. The van der Waals surface area contributed by atoms with Crippen molar-refractivity contribution in [3.05, 3.63) is 0 Å². The summed E-state index contributed by atoms with van der Waals surface area (Å²) in [6, 6.07) is 0.395. The van der Waals surface area contributed by atoms with Crippen LogP contribution in [0.3, 0.4) is 0 Å². The first kappa shape index (κ1) is 13.9. The van der Waals surface area contributed by atoms with Crippen molar-refractivity contribution < 1.29 is 9.84 Å². The van der Waals surface area contributed by atoms with Gasteiger partial charge in [-0.25, -0.2) is 0 Å². The van der Waals surface area contributed by atoms with E-state index in [1.54, 1.807) is 0 Å². The van der Waals surface area contributed by atoms with Crippen LogP contribution < -0.4 is 5.32 Å². The molecule has 0 saturated carbocycles. The molecule has 0 heterocycles. The second kappa shape index (κ2) is 8.21. The Labute approximate surface area is 87.8 Å². The molecule has 0 fully saturated rings. The number of rotatable bonds is 8. The van der Waals surface area contributed by atoms with Gasteiger partial charge in [0.05, 0.1) is 12.7 Å². The Balaban J connectivity index is 3.40. The third-order valence-electron chi connectivity index (χ3n) is 2.13. The molecule has 0 bridgehead atoms. The van der Waals surface area contributed by atoms with Crippen LogP contribution in [0.4, 0.5) is 0 Å². The van der Waals surface area contributed by atoms with Crippen LogP contribution >= 0.6 is 0 Å². The molecule has 0 saturated heterocycles. The van der Waals surface area contributed by atoms with Gasteiger partial charge >= 0.3 is 0 Å². The van der Waals surface area contributed by atoms with E-state index in [0.29, 0.717) is 12.0 Å². The summed E-state index contributed by atoms with van der Waals surface area (Å²) in [7, 11) is 0. The monoisotopic (exact) mass is 203 g/mol. The Kier molecular flexibility index (Phi) is 8.14. The molecule has 0 rings (SSSR count). The third-order valence-corrected chi connectivity index (χ3v) is 2.13. The van der Waals surface area contributed by atoms with Gasteiger partial charge in [-0.2, -0.15) is 0 Å². The van der Waals surface area contributed by atoms with E-state index in [9.17, 15) is 5.11 Å². The maximum absolute atomic E-state index is 9.18. The summed E-state index contributed by atoms with van der Waals surface area (Å²) >= 11 is 0. The van der Waals surface area contributed by atoms with Crippen LogP contribution in [0.25, 0.3) is 0 Å². The van der Waals surface area contributed by atoms with Crippen molar-refractivity contribution >= 4 is 0 Å². The predicted molar refractivity (Wildman–Crippen MR) is 59.4 cm³/mol. The van der Waals surface area contributed by atoms with Gasteiger partial charge in [0.25, 0.3) is 0 Å². The number of hydrogen-bond acceptors (Lipinski definition) is 3. The summed E-state index contributed by atoms with van der Waals surface area (Å²) < 4.78 is 5.30. The van der Waals surface area contributed by atoms with E-state index in [1.807, 2.05) is 13.8 Å². The van der Waals surface area contributed by atoms with Gasteiger partial charge in [-0.1, -0.05) is 6.92 Å². The molecule has 0 aliphatic rings. The van der Waals surface area contributed by atoms with Crippen molar-refractivity contribution in [2.45, 2.75) is 46.3 Å². The quantitative estimate of drug-likeness (QED) is 0.626. The molecule has 86 valence electrons. The van der Waals surface area contributed by atoms with Gasteiger partial charge < -0.3 is 15.2 Å². The molecule has 0 aromatic heterocycles. The molecule has 3 unspecified atom stereocenters. The molecule has 0 radical (unpaired) electrons. The number of hydrogen-bond donors (Lipinski definition) is 2. The summed E-state index contributed by atoms with van der Waals surface area (Å²) in [6.07, 6.45) is 0.656. The van der Waals surface area contributed by atoms with E-state index in [1.165, 1.54) is 0 Å². The molecule has 3 atom stereocenters. The standard InChI is InChI=1S/C11H25NO2/c1-5-14-8-10(3)12-7-9(2)6-11(4)13/h9-13H,5-8H2,1-4H3. The highest BCUT2D eigenvalue weighted by molar-refractivity contribution is 4.64. The minimum Gasteiger partial charge on any atom is -0.393 e. The molecule has 0 spiro atoms. The Morgan fingerprint density at radius 1 is 1.29 bits per heavy atom. The molecular formula is C11H25NO2. The Morgan fingerprint density at radius 2 is 1.93 bits per heavy atom. The van der Waals surface area contributed by atoms with Crippen LogP contribution in [0.1, 0.15) is 34.1 Å². The van der Waals surface area contributed by atoms with E-state index in [-0.39, 0.29) is 6.10 Å². The highest BCUT2D eigenvalue weighted by Crippen LogP contribution is 2.04. The van der Waals surface area contributed by atoms with Gasteiger partial charge in [0.2, 0.25) is 0 Å². The average Bonchev–Trinajstić information content (AvgIpc) is 2.10. The molecule has 3 nitrogen and oxygen atoms in total. The van der Waals surface area contributed by atoms with Crippen molar-refractivity contribution in [3.63, 3.8) is 0 Å². The van der Waals surface area contributed by atoms with Crippen molar-refractivity contribution in [2.75, 3.05) is 19.8 Å². The summed E-state index contributed by atoms with van der Waals surface area (Å²) in [5.74, 6) is 0.513. The zero-order chi connectivity index (χ0) is 11.0. The molecule has 0 aliphatic carbocycles. The zero-order valence-electron chi connectivity index (χ0n) is 9.92. The van der Waals surface area contributed by atoms with Crippen LogP contribution in [-0.2, 0) is 4.74 Å². The van der Waals surface area contributed by atoms with Crippen molar-refractivity contribution in [1.29, 1.82) is 0 Å². The summed E-state index contributed by atoms with van der Waals surface area (Å²) in [6.45, 7) is 10.6. The summed E-state index contributed by atoms with van der Waals surface area (Å²) in [4.78, 5) is 0. The van der Waals surface area contributed by atoms with E-state index in [4.69, 9.17) is 4.74 Å². The fourth-order valence-corrected chi connectivity index (χ4v) is 1.42. The number of aliphatic hydroxyl groups is 1. The fraction of sp³-hybridized carbons (Fsp3) is 1.00. The van der Waals surface area contributed by atoms with E-state index < -0.39 is 0 Å². The van der Waals surface area contributed by atoms with Crippen LogP contribution in [0.5, 0.6) is 0 Å². The smallest absolute Gasteiger partial charge is 0.0616 e. The molecule has 0 aliphatic heterocycles. The minimum atomic E-state index is -0.200. The van der Waals surface area contributed by atoms with Crippen LogP contribution in [0.15, 0.2) is 0 Å².